The molecule has 0 aromatic heterocycles. The lowest BCUT2D eigenvalue weighted by atomic mass is 9.64. The standard InChI is InChI=1S/C12H13FO3/c1-7-5-8(9(13)6-10(7)14)12(11(15)16)3-2-4-12/h5-6,14H,2-4H2,1H3,(H,15,16). The number of hydrogen-bond acceptors (Lipinski definition) is 2. The predicted octanol–water partition coefficient (Wildman–Crippen LogP) is 2.35. The third-order valence-corrected chi connectivity index (χ3v) is 3.42. The summed E-state index contributed by atoms with van der Waals surface area (Å²) in [5, 5.41) is 18.5. The second-order valence-corrected chi connectivity index (χ2v) is 4.36. The van der Waals surface area contributed by atoms with Crippen LogP contribution >= 0.6 is 0 Å². The first-order valence-electron chi connectivity index (χ1n) is 5.20. The molecule has 0 spiro atoms. The lowest BCUT2D eigenvalue weighted by molar-refractivity contribution is -0.147. The van der Waals surface area contributed by atoms with Crippen molar-refractivity contribution in [2.24, 2.45) is 0 Å². The molecule has 1 aromatic rings. The second-order valence-electron chi connectivity index (χ2n) is 4.36. The molecule has 0 bridgehead atoms. The smallest absolute Gasteiger partial charge is 0.314 e. The molecule has 2 rings (SSSR count). The first kappa shape index (κ1) is 10.9. The molecule has 0 radical (unpaired) electrons. The molecule has 2 N–H and O–H groups in total. The van der Waals surface area contributed by atoms with Crippen LogP contribution in [0.1, 0.15) is 30.4 Å². The summed E-state index contributed by atoms with van der Waals surface area (Å²) >= 11 is 0. The van der Waals surface area contributed by atoms with Crippen molar-refractivity contribution in [2.75, 3.05) is 0 Å². The fourth-order valence-electron chi connectivity index (χ4n) is 2.17. The number of halogens is 1. The highest BCUT2D eigenvalue weighted by Gasteiger charge is 2.47. The van der Waals surface area contributed by atoms with Crippen molar-refractivity contribution in [3.8, 4) is 5.75 Å². The summed E-state index contributed by atoms with van der Waals surface area (Å²) in [5.74, 6) is -1.76. The average Bonchev–Trinajstić information content (AvgIpc) is 2.11. The minimum Gasteiger partial charge on any atom is -0.508 e. The number of hydrogen-bond donors (Lipinski definition) is 2. The molecule has 3 nitrogen and oxygen atoms in total. The normalized spacial score (nSPS) is 17.9. The number of carboxylic acids is 1. The zero-order valence-corrected chi connectivity index (χ0v) is 8.96. The molecule has 16 heavy (non-hydrogen) atoms. The van der Waals surface area contributed by atoms with Crippen molar-refractivity contribution in [3.05, 3.63) is 29.1 Å². The van der Waals surface area contributed by atoms with Gasteiger partial charge in [0.15, 0.2) is 0 Å². The van der Waals surface area contributed by atoms with Gasteiger partial charge in [0.05, 0.1) is 5.41 Å². The molecule has 1 aliphatic carbocycles. The topological polar surface area (TPSA) is 57.5 Å². The number of carboxylic acid groups (broad SMARTS) is 1. The molecule has 0 unspecified atom stereocenters. The van der Waals surface area contributed by atoms with Crippen molar-refractivity contribution in [1.82, 2.24) is 0 Å². The lowest BCUT2D eigenvalue weighted by Crippen LogP contribution is -2.43. The Labute approximate surface area is 92.5 Å². The highest BCUT2D eigenvalue weighted by atomic mass is 19.1. The third kappa shape index (κ3) is 1.37. The number of phenols is 1. The zero-order chi connectivity index (χ0) is 11.9. The van der Waals surface area contributed by atoms with Gasteiger partial charge < -0.3 is 10.2 Å². The zero-order valence-electron chi connectivity index (χ0n) is 8.96. The van der Waals surface area contributed by atoms with E-state index in [1.165, 1.54) is 6.07 Å². The quantitative estimate of drug-likeness (QED) is 0.810. The van der Waals surface area contributed by atoms with E-state index in [1.807, 2.05) is 0 Å². The predicted molar refractivity (Wildman–Crippen MR) is 56.0 cm³/mol. The van der Waals surface area contributed by atoms with E-state index in [-0.39, 0.29) is 11.3 Å². The monoisotopic (exact) mass is 224 g/mol. The van der Waals surface area contributed by atoms with Crippen LogP contribution in [0.25, 0.3) is 0 Å². The summed E-state index contributed by atoms with van der Waals surface area (Å²) in [6.45, 7) is 1.63. The minimum atomic E-state index is -1.08. The fraction of sp³-hybridized carbons (Fsp3) is 0.417. The summed E-state index contributed by atoms with van der Waals surface area (Å²) < 4.78 is 13.7. The molecular weight excluding hydrogens is 211 g/mol. The van der Waals surface area contributed by atoms with Crippen LogP contribution in [-0.4, -0.2) is 16.2 Å². The van der Waals surface area contributed by atoms with Crippen LogP contribution in [0.3, 0.4) is 0 Å². The highest BCUT2D eigenvalue weighted by Crippen LogP contribution is 2.45. The number of benzene rings is 1. The summed E-state index contributed by atoms with van der Waals surface area (Å²) in [6, 6.07) is 2.44. The van der Waals surface area contributed by atoms with E-state index in [4.69, 9.17) is 0 Å². The van der Waals surface area contributed by atoms with Gasteiger partial charge in [-0.1, -0.05) is 6.42 Å². The SMILES string of the molecule is Cc1cc(C2(C(=O)O)CCC2)c(F)cc1O. The lowest BCUT2D eigenvalue weighted by Gasteiger charge is -2.38. The Bertz CT molecular complexity index is 450. The molecule has 0 atom stereocenters. The number of rotatable bonds is 2. The van der Waals surface area contributed by atoms with Gasteiger partial charge in [-0.3, -0.25) is 4.79 Å². The third-order valence-electron chi connectivity index (χ3n) is 3.42. The van der Waals surface area contributed by atoms with Crippen LogP contribution in [0.15, 0.2) is 12.1 Å². The molecule has 1 aromatic carbocycles. The second kappa shape index (κ2) is 3.47. The highest BCUT2D eigenvalue weighted by molar-refractivity contribution is 5.82. The number of aliphatic carboxylic acids is 1. The van der Waals surface area contributed by atoms with E-state index in [1.54, 1.807) is 6.92 Å². The number of carbonyl (C=O) groups is 1. The van der Waals surface area contributed by atoms with Crippen LogP contribution in [0.4, 0.5) is 4.39 Å². The van der Waals surface area contributed by atoms with E-state index in [9.17, 15) is 19.4 Å². The van der Waals surface area contributed by atoms with Crippen LogP contribution in [0, 0.1) is 12.7 Å². The van der Waals surface area contributed by atoms with Gasteiger partial charge in [0.25, 0.3) is 0 Å². The molecule has 0 amide bonds. The Morgan fingerprint density at radius 3 is 2.50 bits per heavy atom. The van der Waals surface area contributed by atoms with E-state index >= 15 is 0 Å². The van der Waals surface area contributed by atoms with Gasteiger partial charge in [0, 0.05) is 11.6 Å². The Balaban J connectivity index is 2.55. The number of phenolic OH excluding ortho intramolecular Hbond substituents is 1. The molecule has 1 fully saturated rings. The van der Waals surface area contributed by atoms with Crippen LogP contribution < -0.4 is 0 Å². The number of aryl methyl sites for hydroxylation is 1. The molecule has 0 saturated heterocycles. The minimum absolute atomic E-state index is 0.138. The largest absolute Gasteiger partial charge is 0.508 e. The molecule has 1 saturated carbocycles. The maximum absolute atomic E-state index is 13.7. The first-order valence-corrected chi connectivity index (χ1v) is 5.20. The van der Waals surface area contributed by atoms with Gasteiger partial charge >= 0.3 is 5.97 Å². The Morgan fingerprint density at radius 2 is 2.06 bits per heavy atom. The maximum Gasteiger partial charge on any atom is 0.314 e. The molecule has 1 aliphatic rings. The molecular formula is C12H13FO3. The van der Waals surface area contributed by atoms with E-state index < -0.39 is 17.2 Å². The molecule has 0 heterocycles. The van der Waals surface area contributed by atoms with E-state index in [0.717, 1.165) is 12.5 Å². The van der Waals surface area contributed by atoms with Crippen molar-refractivity contribution < 1.29 is 19.4 Å². The molecule has 4 heteroatoms. The summed E-state index contributed by atoms with van der Waals surface area (Å²) in [5.41, 5.74) is -0.381. The fourth-order valence-corrected chi connectivity index (χ4v) is 2.17. The summed E-state index contributed by atoms with van der Waals surface area (Å²) in [6.07, 6.45) is 1.72. The van der Waals surface area contributed by atoms with Gasteiger partial charge in [-0.05, 0) is 31.4 Å². The van der Waals surface area contributed by atoms with Crippen molar-refractivity contribution >= 4 is 5.97 Å². The van der Waals surface area contributed by atoms with Gasteiger partial charge in [0.1, 0.15) is 11.6 Å². The Kier molecular flexibility index (Phi) is 2.37. The van der Waals surface area contributed by atoms with Crippen LogP contribution in [-0.2, 0) is 10.2 Å². The van der Waals surface area contributed by atoms with E-state index in [2.05, 4.69) is 0 Å². The van der Waals surface area contributed by atoms with Crippen LogP contribution in [0.5, 0.6) is 5.75 Å². The van der Waals surface area contributed by atoms with Crippen molar-refractivity contribution in [1.29, 1.82) is 0 Å². The van der Waals surface area contributed by atoms with E-state index in [0.29, 0.717) is 18.4 Å². The van der Waals surface area contributed by atoms with Crippen molar-refractivity contribution in [3.63, 3.8) is 0 Å². The average molecular weight is 224 g/mol. The summed E-state index contributed by atoms with van der Waals surface area (Å²) in [7, 11) is 0. The number of aromatic hydroxyl groups is 1. The molecule has 0 aliphatic heterocycles. The van der Waals surface area contributed by atoms with Gasteiger partial charge in [-0.25, -0.2) is 4.39 Å². The van der Waals surface area contributed by atoms with Gasteiger partial charge in [-0.2, -0.15) is 0 Å². The van der Waals surface area contributed by atoms with Crippen LogP contribution in [0.2, 0.25) is 0 Å². The first-order chi connectivity index (χ1) is 7.47. The molecule has 86 valence electrons. The maximum atomic E-state index is 13.7. The van der Waals surface area contributed by atoms with Crippen molar-refractivity contribution in [2.45, 2.75) is 31.6 Å². The summed E-state index contributed by atoms with van der Waals surface area (Å²) in [4.78, 5) is 11.2. The van der Waals surface area contributed by atoms with Gasteiger partial charge in [-0.15, -0.1) is 0 Å². The van der Waals surface area contributed by atoms with Gasteiger partial charge in [0.2, 0.25) is 0 Å². The Morgan fingerprint density at radius 1 is 1.44 bits per heavy atom. The Hall–Kier alpha value is -1.58.